The summed E-state index contributed by atoms with van der Waals surface area (Å²) in [6.45, 7) is 3.34. The molecule has 4 rings (SSSR count). The number of benzene rings is 1. The first kappa shape index (κ1) is 19.6. The smallest absolute Gasteiger partial charge is 0.354 e. The van der Waals surface area contributed by atoms with E-state index in [1.165, 1.54) is 29.5 Å². The molecule has 0 bridgehead atoms. The quantitative estimate of drug-likeness (QED) is 0.674. The van der Waals surface area contributed by atoms with Crippen LogP contribution in [0.15, 0.2) is 35.8 Å². The fourth-order valence-electron chi connectivity index (χ4n) is 3.22. The van der Waals surface area contributed by atoms with Gasteiger partial charge in [0.25, 0.3) is 5.91 Å². The number of carbonyl (C=O) groups is 1. The Morgan fingerprint density at radius 1 is 1.21 bits per heavy atom. The summed E-state index contributed by atoms with van der Waals surface area (Å²) in [5.74, 6) is 0.0151. The van der Waals surface area contributed by atoms with Crippen LogP contribution in [0.25, 0.3) is 10.3 Å². The molecular formula is C19H18F3N5OS. The average Bonchev–Trinajstić information content (AvgIpc) is 2.92. The van der Waals surface area contributed by atoms with Gasteiger partial charge in [-0.25, -0.2) is 9.97 Å². The van der Waals surface area contributed by atoms with Gasteiger partial charge in [-0.05, 0) is 25.1 Å². The molecule has 0 aliphatic carbocycles. The maximum Gasteiger partial charge on any atom is 0.418 e. The Morgan fingerprint density at radius 3 is 2.86 bits per heavy atom. The van der Waals surface area contributed by atoms with Crippen molar-refractivity contribution in [1.29, 1.82) is 0 Å². The molecule has 1 amide bonds. The van der Waals surface area contributed by atoms with Crippen molar-refractivity contribution in [2.45, 2.75) is 12.6 Å². The van der Waals surface area contributed by atoms with Gasteiger partial charge in [0.05, 0.1) is 23.0 Å². The highest BCUT2D eigenvalue weighted by molar-refractivity contribution is 7.17. The number of rotatable bonds is 3. The Kier molecular flexibility index (Phi) is 5.37. The lowest BCUT2D eigenvalue weighted by atomic mass is 10.1. The summed E-state index contributed by atoms with van der Waals surface area (Å²) in [4.78, 5) is 24.4. The molecular weight excluding hydrogens is 403 g/mol. The van der Waals surface area contributed by atoms with E-state index in [4.69, 9.17) is 0 Å². The second-order valence-corrected chi connectivity index (χ2v) is 7.48. The van der Waals surface area contributed by atoms with Gasteiger partial charge in [0.2, 0.25) is 0 Å². The number of hydrogen-bond acceptors (Lipinski definition) is 6. The standard InChI is InChI=1S/C19H18F3N5OS/c20-19(21,22)13-4-1-2-5-14(13)25-17(28)12-11-29-18-16(12)26-15(10-24-18)27-8-3-6-23-7-9-27/h1-2,4-5,10-11,23H,3,6-9H2,(H,25,28). The Morgan fingerprint density at radius 2 is 2.03 bits per heavy atom. The van der Waals surface area contributed by atoms with Crippen LogP contribution < -0.4 is 15.5 Å². The molecule has 1 aromatic carbocycles. The molecule has 1 fully saturated rings. The highest BCUT2D eigenvalue weighted by atomic mass is 32.1. The minimum atomic E-state index is -4.56. The second kappa shape index (κ2) is 7.96. The van der Waals surface area contributed by atoms with Crippen LogP contribution in [0.4, 0.5) is 24.7 Å². The number of nitrogens with zero attached hydrogens (tertiary/aromatic N) is 3. The lowest BCUT2D eigenvalue weighted by Crippen LogP contribution is -2.28. The maximum atomic E-state index is 13.2. The van der Waals surface area contributed by atoms with E-state index in [0.717, 1.165) is 38.7 Å². The van der Waals surface area contributed by atoms with Crippen molar-refractivity contribution in [1.82, 2.24) is 15.3 Å². The number of aromatic nitrogens is 2. The molecule has 2 N–H and O–H groups in total. The number of nitrogens with one attached hydrogen (secondary N) is 2. The molecule has 0 saturated carbocycles. The first-order chi connectivity index (χ1) is 13.9. The molecule has 0 radical (unpaired) electrons. The van der Waals surface area contributed by atoms with Crippen molar-refractivity contribution in [3.63, 3.8) is 0 Å². The van der Waals surface area contributed by atoms with E-state index < -0.39 is 17.6 Å². The summed E-state index contributed by atoms with van der Waals surface area (Å²) in [6, 6.07) is 4.90. The fourth-order valence-corrected chi connectivity index (χ4v) is 4.05. The number of hydrogen-bond donors (Lipinski definition) is 2. The highest BCUT2D eigenvalue weighted by Crippen LogP contribution is 2.35. The molecule has 3 heterocycles. The zero-order valence-corrected chi connectivity index (χ0v) is 16.1. The minimum absolute atomic E-state index is 0.212. The van der Waals surface area contributed by atoms with Crippen LogP contribution in [0, 0.1) is 0 Å². The summed E-state index contributed by atoms with van der Waals surface area (Å²) in [6.07, 6.45) is -1.93. The number of halogens is 3. The number of thiophene rings is 1. The number of para-hydroxylation sites is 1. The third-order valence-electron chi connectivity index (χ3n) is 4.66. The van der Waals surface area contributed by atoms with Crippen LogP contribution in [-0.4, -0.2) is 42.1 Å². The molecule has 0 unspecified atom stereocenters. The molecule has 29 heavy (non-hydrogen) atoms. The number of alkyl halides is 3. The van der Waals surface area contributed by atoms with Crippen molar-refractivity contribution >= 4 is 39.1 Å². The predicted molar refractivity (Wildman–Crippen MR) is 107 cm³/mol. The summed E-state index contributed by atoms with van der Waals surface area (Å²) in [5.41, 5.74) is -0.570. The highest BCUT2D eigenvalue weighted by Gasteiger charge is 2.33. The van der Waals surface area contributed by atoms with Gasteiger partial charge in [0.15, 0.2) is 0 Å². The topological polar surface area (TPSA) is 70.2 Å². The molecule has 3 aromatic rings. The van der Waals surface area contributed by atoms with Gasteiger partial charge in [0.1, 0.15) is 16.2 Å². The van der Waals surface area contributed by atoms with Gasteiger partial charge in [-0.2, -0.15) is 13.2 Å². The van der Waals surface area contributed by atoms with E-state index in [0.29, 0.717) is 16.2 Å². The van der Waals surface area contributed by atoms with Gasteiger partial charge in [-0.3, -0.25) is 4.79 Å². The molecule has 152 valence electrons. The summed E-state index contributed by atoms with van der Waals surface area (Å²) < 4.78 is 39.6. The van der Waals surface area contributed by atoms with E-state index in [1.807, 2.05) is 0 Å². The second-order valence-electron chi connectivity index (χ2n) is 6.62. The van der Waals surface area contributed by atoms with E-state index in [1.54, 1.807) is 11.6 Å². The van der Waals surface area contributed by atoms with E-state index >= 15 is 0 Å². The van der Waals surface area contributed by atoms with Crippen LogP contribution in [0.5, 0.6) is 0 Å². The normalized spacial score (nSPS) is 15.3. The molecule has 0 atom stereocenters. The van der Waals surface area contributed by atoms with Gasteiger partial charge in [-0.1, -0.05) is 12.1 Å². The number of carbonyl (C=O) groups excluding carboxylic acids is 1. The SMILES string of the molecule is O=C(Nc1ccccc1C(F)(F)F)c1csc2ncc(N3CCCNCC3)nc12. The average molecular weight is 421 g/mol. The van der Waals surface area contributed by atoms with Crippen LogP contribution in [0.1, 0.15) is 22.3 Å². The number of amides is 1. The molecule has 10 heteroatoms. The first-order valence-corrected chi connectivity index (χ1v) is 9.99. The zero-order valence-electron chi connectivity index (χ0n) is 15.3. The predicted octanol–water partition coefficient (Wildman–Crippen LogP) is 3.76. The van der Waals surface area contributed by atoms with Crippen molar-refractivity contribution in [2.24, 2.45) is 0 Å². The van der Waals surface area contributed by atoms with Gasteiger partial charge < -0.3 is 15.5 Å². The zero-order chi connectivity index (χ0) is 20.4. The monoisotopic (exact) mass is 421 g/mol. The Balaban J connectivity index is 1.64. The molecule has 0 spiro atoms. The molecule has 1 aliphatic rings. The first-order valence-electron chi connectivity index (χ1n) is 9.11. The fraction of sp³-hybridized carbons (Fsp3) is 0.316. The van der Waals surface area contributed by atoms with E-state index in [2.05, 4.69) is 25.5 Å². The molecule has 1 saturated heterocycles. The Labute approximate surface area is 168 Å². The minimum Gasteiger partial charge on any atom is -0.354 e. The van der Waals surface area contributed by atoms with Crippen LogP contribution >= 0.6 is 11.3 Å². The molecule has 2 aromatic heterocycles. The van der Waals surface area contributed by atoms with Crippen LogP contribution in [0.2, 0.25) is 0 Å². The summed E-state index contributed by atoms with van der Waals surface area (Å²) in [7, 11) is 0. The van der Waals surface area contributed by atoms with Crippen LogP contribution in [-0.2, 0) is 6.18 Å². The third-order valence-corrected chi connectivity index (χ3v) is 5.53. The Hall–Kier alpha value is -2.72. The number of fused-ring (bicyclic) bond motifs is 1. The van der Waals surface area contributed by atoms with Crippen molar-refractivity contribution in [3.8, 4) is 0 Å². The lowest BCUT2D eigenvalue weighted by molar-refractivity contribution is -0.136. The Bertz CT molecular complexity index is 1030. The van der Waals surface area contributed by atoms with Crippen molar-refractivity contribution in [2.75, 3.05) is 36.4 Å². The third kappa shape index (κ3) is 4.18. The lowest BCUT2D eigenvalue weighted by Gasteiger charge is -2.20. The maximum absolute atomic E-state index is 13.2. The van der Waals surface area contributed by atoms with Gasteiger partial charge in [0, 0.05) is 25.0 Å². The van der Waals surface area contributed by atoms with E-state index in [9.17, 15) is 18.0 Å². The van der Waals surface area contributed by atoms with Crippen molar-refractivity contribution in [3.05, 3.63) is 47.0 Å². The van der Waals surface area contributed by atoms with Gasteiger partial charge >= 0.3 is 6.18 Å². The molecule has 1 aliphatic heterocycles. The van der Waals surface area contributed by atoms with E-state index in [-0.39, 0.29) is 11.3 Å². The van der Waals surface area contributed by atoms with Gasteiger partial charge in [-0.15, -0.1) is 11.3 Å². The summed E-state index contributed by atoms with van der Waals surface area (Å²) in [5, 5.41) is 7.26. The largest absolute Gasteiger partial charge is 0.418 e. The van der Waals surface area contributed by atoms with Crippen molar-refractivity contribution < 1.29 is 18.0 Å². The molecule has 6 nitrogen and oxygen atoms in total. The summed E-state index contributed by atoms with van der Waals surface area (Å²) >= 11 is 1.23. The van der Waals surface area contributed by atoms with Crippen LogP contribution in [0.3, 0.4) is 0 Å². The number of anilines is 2.